The second kappa shape index (κ2) is 52.4. The fraction of sp³-hybridized carbons (Fsp3) is 0. The molecule has 0 aromatic rings. The van der Waals surface area contributed by atoms with Gasteiger partial charge in [0, 0.05) is 17.1 Å². The molecule has 0 saturated carbocycles. The standard InChI is InChI=1S/Cs.Mn.4H2O/h;;4*1H2/q+1;;;;;/p-1. The van der Waals surface area contributed by atoms with E-state index < -0.39 is 0 Å². The van der Waals surface area contributed by atoms with Crippen LogP contribution in [0.25, 0.3) is 0 Å². The first-order valence-electron chi connectivity index (χ1n) is 0. The van der Waals surface area contributed by atoms with Crippen LogP contribution in [0.4, 0.5) is 0 Å². The van der Waals surface area contributed by atoms with Gasteiger partial charge in [0.15, 0.2) is 0 Å². The summed E-state index contributed by atoms with van der Waals surface area (Å²) in [7, 11) is 0. The Hall–Kier alpha value is 2.41. The van der Waals surface area contributed by atoms with Gasteiger partial charge in [0.05, 0.1) is 0 Å². The van der Waals surface area contributed by atoms with Gasteiger partial charge in [-0.15, -0.1) is 0 Å². The molecule has 7 N–H and O–H groups in total. The van der Waals surface area contributed by atoms with Crippen molar-refractivity contribution in [2.24, 2.45) is 0 Å². The molecule has 0 rings (SSSR count). The smallest absolute Gasteiger partial charge is 0.870 e. The molecule has 0 amide bonds. The Morgan fingerprint density at radius 2 is 0.667 bits per heavy atom. The summed E-state index contributed by atoms with van der Waals surface area (Å²) in [6.45, 7) is 0. The predicted molar refractivity (Wildman–Crippen MR) is 12.8 cm³/mol. The predicted octanol–water partition coefficient (Wildman–Crippen LogP) is -5.65. The summed E-state index contributed by atoms with van der Waals surface area (Å²) in [6, 6.07) is 0. The first-order chi connectivity index (χ1) is 0. The van der Waals surface area contributed by atoms with Crippen molar-refractivity contribution in [3.63, 3.8) is 0 Å². The molecule has 6 heteroatoms. The number of rotatable bonds is 0. The second-order valence-corrected chi connectivity index (χ2v) is 0. The summed E-state index contributed by atoms with van der Waals surface area (Å²) < 4.78 is 0. The molecule has 0 aromatic carbocycles. The maximum Gasteiger partial charge on any atom is 1.00 e. The Bertz CT molecular complexity index is 7.51. The van der Waals surface area contributed by atoms with Crippen LogP contribution in [0.5, 0.6) is 0 Å². The van der Waals surface area contributed by atoms with Gasteiger partial charge in [0.1, 0.15) is 0 Å². The van der Waals surface area contributed by atoms with Crippen molar-refractivity contribution in [3.8, 4) is 0 Å². The van der Waals surface area contributed by atoms with Gasteiger partial charge < -0.3 is 21.9 Å². The zero-order valence-corrected chi connectivity index (χ0v) is 10.8. The maximum atomic E-state index is 0. The third-order valence-electron chi connectivity index (χ3n) is 0. The van der Waals surface area contributed by atoms with Crippen LogP contribution in [0.15, 0.2) is 0 Å². The Kier molecular flexibility index (Phi) is 694. The van der Waals surface area contributed by atoms with Gasteiger partial charge in [-0.3, -0.25) is 0 Å². The van der Waals surface area contributed by atoms with Crippen LogP contribution in [-0.4, -0.2) is 21.9 Å². The summed E-state index contributed by atoms with van der Waals surface area (Å²) in [6.07, 6.45) is 0. The van der Waals surface area contributed by atoms with E-state index >= 15 is 0 Å². The molecule has 0 unspecified atom stereocenters. The maximum absolute atomic E-state index is 0. The fourth-order valence-corrected chi connectivity index (χ4v) is 0. The molecule has 39 valence electrons. The van der Waals surface area contributed by atoms with E-state index in [1.54, 1.807) is 0 Å². The average Bonchev–Trinajstić information content (AvgIpc) is 0. The van der Waals surface area contributed by atoms with Gasteiger partial charge >= 0.3 is 68.9 Å². The minimum atomic E-state index is 0. The second-order valence-electron chi connectivity index (χ2n) is 0. The summed E-state index contributed by atoms with van der Waals surface area (Å²) >= 11 is 0. The summed E-state index contributed by atoms with van der Waals surface area (Å²) in [5.41, 5.74) is 0. The van der Waals surface area contributed by atoms with Crippen molar-refractivity contribution < 1.29 is 108 Å². The molecular formula is H7CsMnO4. The van der Waals surface area contributed by atoms with Gasteiger partial charge in [-0.25, -0.2) is 0 Å². The Balaban J connectivity index is 0. The van der Waals surface area contributed by atoms with E-state index in [4.69, 9.17) is 0 Å². The van der Waals surface area contributed by atoms with E-state index in [1.165, 1.54) is 0 Å². The molecule has 0 aromatic heterocycles. The molecule has 0 aliphatic heterocycles. The zero-order chi connectivity index (χ0) is 0. The molecule has 1 radical (unpaired) electrons. The summed E-state index contributed by atoms with van der Waals surface area (Å²) in [4.78, 5) is 0. The van der Waals surface area contributed by atoms with Crippen LogP contribution >= 0.6 is 0 Å². The van der Waals surface area contributed by atoms with Gasteiger partial charge in [0.25, 0.3) is 0 Å². The van der Waals surface area contributed by atoms with Crippen LogP contribution in [0.1, 0.15) is 0 Å². The minimum absolute atomic E-state index is 0. The van der Waals surface area contributed by atoms with Gasteiger partial charge in [-0.2, -0.15) is 0 Å². The SMILES string of the molecule is O.O.O.[Cs+].[Mn].[OH-]. The van der Waals surface area contributed by atoms with E-state index in [0.29, 0.717) is 0 Å². The molecule has 0 heterocycles. The molecule has 0 saturated heterocycles. The monoisotopic (exact) mass is 259 g/mol. The Morgan fingerprint density at radius 3 is 0.667 bits per heavy atom. The molecule has 6 heavy (non-hydrogen) atoms. The fourth-order valence-electron chi connectivity index (χ4n) is 0. The van der Waals surface area contributed by atoms with Crippen LogP contribution in [0.3, 0.4) is 0 Å². The van der Waals surface area contributed by atoms with Crippen LogP contribution < -0.4 is 68.9 Å². The van der Waals surface area contributed by atoms with Crippen molar-refractivity contribution >= 4 is 0 Å². The minimum Gasteiger partial charge on any atom is -0.870 e. The molecule has 0 aliphatic carbocycles. The molecule has 0 fully saturated rings. The summed E-state index contributed by atoms with van der Waals surface area (Å²) in [5, 5.41) is 0. The molecular weight excluding hydrogens is 252 g/mol. The normalized spacial score (nSPS) is 0. The summed E-state index contributed by atoms with van der Waals surface area (Å²) in [5.74, 6) is 0. The molecule has 0 bridgehead atoms. The Labute approximate surface area is 105 Å². The first kappa shape index (κ1) is 79.5. The van der Waals surface area contributed by atoms with Gasteiger partial charge in [-0.1, -0.05) is 0 Å². The van der Waals surface area contributed by atoms with Crippen molar-refractivity contribution in [3.05, 3.63) is 0 Å². The zero-order valence-electron chi connectivity index (χ0n) is 3.33. The van der Waals surface area contributed by atoms with Crippen molar-refractivity contribution in [1.29, 1.82) is 0 Å². The van der Waals surface area contributed by atoms with E-state index in [2.05, 4.69) is 0 Å². The molecule has 0 aliphatic rings. The number of hydrogen-bond acceptors (Lipinski definition) is 1. The third-order valence-corrected chi connectivity index (χ3v) is 0. The van der Waals surface area contributed by atoms with Gasteiger partial charge in [0.2, 0.25) is 0 Å². The number of hydrogen-bond donors (Lipinski definition) is 0. The molecule has 0 atom stereocenters. The van der Waals surface area contributed by atoms with Crippen molar-refractivity contribution in [2.45, 2.75) is 0 Å². The Morgan fingerprint density at radius 1 is 0.667 bits per heavy atom. The quantitative estimate of drug-likeness (QED) is 0.395. The molecule has 0 spiro atoms. The van der Waals surface area contributed by atoms with Gasteiger partial charge in [-0.05, 0) is 0 Å². The first-order valence-corrected chi connectivity index (χ1v) is 0. The third kappa shape index (κ3) is 32.3. The van der Waals surface area contributed by atoms with Crippen molar-refractivity contribution in [1.82, 2.24) is 0 Å². The van der Waals surface area contributed by atoms with E-state index in [1.807, 2.05) is 0 Å². The van der Waals surface area contributed by atoms with Crippen molar-refractivity contribution in [2.75, 3.05) is 0 Å². The average molecular weight is 259 g/mol. The largest absolute Gasteiger partial charge is 1.00 e. The van der Waals surface area contributed by atoms with E-state index in [9.17, 15) is 0 Å². The van der Waals surface area contributed by atoms with E-state index in [-0.39, 0.29) is 108 Å². The molecule has 4 nitrogen and oxygen atoms in total. The van der Waals surface area contributed by atoms with Crippen LogP contribution in [0.2, 0.25) is 0 Å². The van der Waals surface area contributed by atoms with E-state index in [0.717, 1.165) is 0 Å². The topological polar surface area (TPSA) is 124 Å². The van der Waals surface area contributed by atoms with Crippen LogP contribution in [0, 0.1) is 0 Å². The van der Waals surface area contributed by atoms with Crippen LogP contribution in [-0.2, 0) is 17.1 Å².